The van der Waals surface area contributed by atoms with Crippen LogP contribution in [-0.2, 0) is 20.4 Å². The summed E-state index contributed by atoms with van der Waals surface area (Å²) in [6.07, 6.45) is 0. The third kappa shape index (κ3) is 5.23. The van der Waals surface area contributed by atoms with E-state index in [9.17, 15) is 13.2 Å². The van der Waals surface area contributed by atoms with E-state index in [0.29, 0.717) is 22.0 Å². The van der Waals surface area contributed by atoms with Crippen LogP contribution < -0.4 is 5.32 Å². The fourth-order valence-electron chi connectivity index (χ4n) is 2.41. The summed E-state index contributed by atoms with van der Waals surface area (Å²) >= 11 is 1.21. The van der Waals surface area contributed by atoms with Crippen molar-refractivity contribution in [3.63, 3.8) is 0 Å². The molecule has 136 valence electrons. The van der Waals surface area contributed by atoms with E-state index in [1.165, 1.54) is 11.3 Å². The van der Waals surface area contributed by atoms with Gasteiger partial charge in [-0.05, 0) is 17.7 Å². The second-order valence-corrected chi connectivity index (χ2v) is 8.72. The summed E-state index contributed by atoms with van der Waals surface area (Å²) in [5, 5.41) is 13.4. The third-order valence-corrected chi connectivity index (χ3v) is 5.87. The molecule has 1 N–H and O–H groups in total. The molecule has 0 aliphatic rings. The Morgan fingerprint density at radius 3 is 2.48 bits per heavy atom. The molecule has 3 rings (SSSR count). The molecule has 0 aliphatic carbocycles. The molecule has 0 fully saturated rings. The first-order chi connectivity index (χ1) is 12.9. The predicted octanol–water partition coefficient (Wildman–Crippen LogP) is 3.24. The number of carbonyl (C=O) groups excluding carboxylic acids is 1. The van der Waals surface area contributed by atoms with Gasteiger partial charge >= 0.3 is 0 Å². The van der Waals surface area contributed by atoms with Crippen LogP contribution in [0.2, 0.25) is 0 Å². The molecule has 1 amide bonds. The lowest BCUT2D eigenvalue weighted by molar-refractivity contribution is -0.113. The van der Waals surface area contributed by atoms with E-state index in [2.05, 4.69) is 10.3 Å². The molecule has 2 aromatic carbocycles. The summed E-state index contributed by atoms with van der Waals surface area (Å²) in [5.41, 5.74) is 2.64. The van der Waals surface area contributed by atoms with Crippen LogP contribution in [0.4, 0.5) is 5.13 Å². The standard InChI is InChI=1S/C19H15N3O3S2/c20-10-14-6-8-16(9-7-14)17-11-26-19(21-17)22-18(23)13-27(24,25)12-15-4-2-1-3-5-15/h1-9,11H,12-13H2,(H,21,22,23). The highest BCUT2D eigenvalue weighted by Gasteiger charge is 2.18. The minimum atomic E-state index is -3.57. The van der Waals surface area contributed by atoms with Crippen LogP contribution >= 0.6 is 11.3 Å². The SMILES string of the molecule is N#Cc1ccc(-c2csc(NC(=O)CS(=O)(=O)Cc3ccccc3)n2)cc1. The number of sulfone groups is 1. The zero-order chi connectivity index (χ0) is 19.3. The monoisotopic (exact) mass is 397 g/mol. The van der Waals surface area contributed by atoms with Crippen molar-refractivity contribution in [3.8, 4) is 17.3 Å². The quantitative estimate of drug-likeness (QED) is 0.688. The lowest BCUT2D eigenvalue weighted by Gasteiger charge is -2.04. The van der Waals surface area contributed by atoms with E-state index >= 15 is 0 Å². The predicted molar refractivity (Wildman–Crippen MR) is 105 cm³/mol. The van der Waals surface area contributed by atoms with Crippen LogP contribution in [0.1, 0.15) is 11.1 Å². The summed E-state index contributed by atoms with van der Waals surface area (Å²) in [4.78, 5) is 16.4. The number of amides is 1. The largest absolute Gasteiger partial charge is 0.301 e. The number of carbonyl (C=O) groups is 1. The molecule has 0 aliphatic heterocycles. The maximum Gasteiger partial charge on any atom is 0.241 e. The number of nitriles is 1. The van der Waals surface area contributed by atoms with E-state index in [4.69, 9.17) is 5.26 Å². The Labute approximate surface area is 161 Å². The molecular formula is C19H15N3O3S2. The molecule has 3 aromatic rings. The Morgan fingerprint density at radius 1 is 1.11 bits per heavy atom. The van der Waals surface area contributed by atoms with Gasteiger partial charge in [0.15, 0.2) is 15.0 Å². The topological polar surface area (TPSA) is 99.9 Å². The maximum atomic E-state index is 12.2. The fourth-order valence-corrected chi connectivity index (χ4v) is 4.42. The van der Waals surface area contributed by atoms with Crippen LogP contribution in [0.15, 0.2) is 60.0 Å². The Bertz CT molecular complexity index is 1080. The van der Waals surface area contributed by atoms with Gasteiger partial charge in [-0.1, -0.05) is 42.5 Å². The van der Waals surface area contributed by atoms with Gasteiger partial charge < -0.3 is 5.32 Å². The van der Waals surface area contributed by atoms with Gasteiger partial charge in [0.05, 0.1) is 23.1 Å². The van der Waals surface area contributed by atoms with Crippen molar-refractivity contribution in [1.82, 2.24) is 4.98 Å². The van der Waals surface area contributed by atoms with Gasteiger partial charge in [-0.3, -0.25) is 4.79 Å². The Hall–Kier alpha value is -3.02. The highest BCUT2D eigenvalue weighted by atomic mass is 32.2. The van der Waals surface area contributed by atoms with Crippen LogP contribution in [0, 0.1) is 11.3 Å². The number of benzene rings is 2. The lowest BCUT2D eigenvalue weighted by atomic mass is 10.1. The Kier molecular flexibility index (Phi) is 5.64. The fraction of sp³-hybridized carbons (Fsp3) is 0.105. The summed E-state index contributed by atoms with van der Waals surface area (Å²) in [6.45, 7) is 0. The van der Waals surface area contributed by atoms with Crippen molar-refractivity contribution in [2.75, 3.05) is 11.1 Å². The molecule has 0 atom stereocenters. The van der Waals surface area contributed by atoms with Crippen molar-refractivity contribution in [2.24, 2.45) is 0 Å². The van der Waals surface area contributed by atoms with Gasteiger partial charge in [0.25, 0.3) is 0 Å². The number of hydrogen-bond donors (Lipinski definition) is 1. The maximum absolute atomic E-state index is 12.2. The minimum Gasteiger partial charge on any atom is -0.301 e. The van der Waals surface area contributed by atoms with Gasteiger partial charge in [0.2, 0.25) is 5.91 Å². The molecule has 0 spiro atoms. The average Bonchev–Trinajstić information content (AvgIpc) is 3.10. The second-order valence-electron chi connectivity index (χ2n) is 5.79. The van der Waals surface area contributed by atoms with Gasteiger partial charge in [0.1, 0.15) is 5.75 Å². The van der Waals surface area contributed by atoms with Crippen molar-refractivity contribution >= 4 is 32.2 Å². The molecule has 0 unspecified atom stereocenters. The highest BCUT2D eigenvalue weighted by Crippen LogP contribution is 2.25. The first-order valence-electron chi connectivity index (χ1n) is 7.95. The summed E-state index contributed by atoms with van der Waals surface area (Å²) in [7, 11) is -3.57. The number of rotatable bonds is 6. The summed E-state index contributed by atoms with van der Waals surface area (Å²) in [6, 6.07) is 17.7. The average molecular weight is 397 g/mol. The summed E-state index contributed by atoms with van der Waals surface area (Å²) in [5.74, 6) is -1.41. The first kappa shape index (κ1) is 18.8. The molecule has 1 heterocycles. The van der Waals surface area contributed by atoms with Crippen LogP contribution in [0.5, 0.6) is 0 Å². The number of thiazole rings is 1. The van der Waals surface area contributed by atoms with Crippen molar-refractivity contribution in [2.45, 2.75) is 5.75 Å². The molecule has 27 heavy (non-hydrogen) atoms. The van der Waals surface area contributed by atoms with Crippen LogP contribution in [-0.4, -0.2) is 25.1 Å². The number of aromatic nitrogens is 1. The van der Waals surface area contributed by atoms with E-state index in [1.54, 1.807) is 60.0 Å². The minimum absolute atomic E-state index is 0.185. The van der Waals surface area contributed by atoms with E-state index < -0.39 is 21.5 Å². The van der Waals surface area contributed by atoms with E-state index in [1.807, 2.05) is 6.07 Å². The lowest BCUT2D eigenvalue weighted by Crippen LogP contribution is -2.23. The second kappa shape index (κ2) is 8.12. The van der Waals surface area contributed by atoms with Gasteiger partial charge in [-0.25, -0.2) is 13.4 Å². The zero-order valence-corrected chi connectivity index (χ0v) is 15.8. The van der Waals surface area contributed by atoms with Gasteiger partial charge in [-0.2, -0.15) is 5.26 Å². The molecule has 0 radical (unpaired) electrons. The number of nitrogens with one attached hydrogen (secondary N) is 1. The van der Waals surface area contributed by atoms with Gasteiger partial charge in [-0.15, -0.1) is 11.3 Å². The van der Waals surface area contributed by atoms with E-state index in [-0.39, 0.29) is 5.75 Å². The molecule has 1 aromatic heterocycles. The molecule has 0 saturated carbocycles. The number of anilines is 1. The number of nitrogens with zero attached hydrogens (tertiary/aromatic N) is 2. The third-order valence-electron chi connectivity index (χ3n) is 3.64. The van der Waals surface area contributed by atoms with Crippen molar-refractivity contribution in [1.29, 1.82) is 5.26 Å². The highest BCUT2D eigenvalue weighted by molar-refractivity contribution is 7.91. The van der Waals surface area contributed by atoms with Crippen LogP contribution in [0.25, 0.3) is 11.3 Å². The summed E-state index contributed by atoms with van der Waals surface area (Å²) < 4.78 is 24.4. The Balaban J connectivity index is 1.63. The van der Waals surface area contributed by atoms with Gasteiger partial charge in [0, 0.05) is 10.9 Å². The molecular weight excluding hydrogens is 382 g/mol. The molecule has 6 nitrogen and oxygen atoms in total. The Morgan fingerprint density at radius 2 is 1.81 bits per heavy atom. The zero-order valence-electron chi connectivity index (χ0n) is 14.1. The van der Waals surface area contributed by atoms with E-state index in [0.717, 1.165) is 5.56 Å². The normalized spacial score (nSPS) is 10.9. The number of hydrogen-bond acceptors (Lipinski definition) is 6. The van der Waals surface area contributed by atoms with Crippen LogP contribution in [0.3, 0.4) is 0 Å². The molecule has 0 bridgehead atoms. The van der Waals surface area contributed by atoms with Crippen molar-refractivity contribution in [3.05, 3.63) is 71.1 Å². The smallest absolute Gasteiger partial charge is 0.241 e. The van der Waals surface area contributed by atoms with Crippen molar-refractivity contribution < 1.29 is 13.2 Å². The first-order valence-corrected chi connectivity index (χ1v) is 10.7. The molecule has 8 heteroatoms. The molecule has 0 saturated heterocycles.